The predicted octanol–water partition coefficient (Wildman–Crippen LogP) is 0.327. The zero-order valence-corrected chi connectivity index (χ0v) is 25.4. The number of carboxylic acid groups (broad SMARTS) is 1. The molecule has 2 amide bonds. The van der Waals surface area contributed by atoms with E-state index in [2.05, 4.69) is 5.32 Å². The molecule has 2 aliphatic carbocycles. The number of non-ortho nitro benzene ring substituents is 2. The van der Waals surface area contributed by atoms with Crippen molar-refractivity contribution < 1.29 is 49.4 Å². The molecule has 2 aromatic rings. The molecule has 0 aromatic heterocycles. The quantitative estimate of drug-likeness (QED) is 0.103. The van der Waals surface area contributed by atoms with Crippen LogP contribution in [0.4, 0.5) is 11.4 Å². The molecule has 0 aliphatic heterocycles. The van der Waals surface area contributed by atoms with Crippen molar-refractivity contribution in [1.82, 2.24) is 10.2 Å². The van der Waals surface area contributed by atoms with Crippen LogP contribution in [-0.2, 0) is 4.79 Å². The second-order valence-corrected chi connectivity index (χ2v) is 12.3. The number of hydrogen-bond donors (Lipinski definition) is 6. The summed E-state index contributed by atoms with van der Waals surface area (Å²) >= 11 is 0. The van der Waals surface area contributed by atoms with E-state index in [9.17, 15) is 59.8 Å². The highest BCUT2D eigenvalue weighted by Crippen LogP contribution is 2.37. The van der Waals surface area contributed by atoms with Gasteiger partial charge in [0.2, 0.25) is 0 Å². The molecule has 2 saturated carbocycles. The van der Waals surface area contributed by atoms with Crippen LogP contribution in [0.2, 0.25) is 0 Å². The lowest BCUT2D eigenvalue weighted by Crippen LogP contribution is -2.45. The first-order chi connectivity index (χ1) is 22.2. The Labute approximate surface area is 270 Å². The molecule has 0 radical (unpaired) electrons. The number of amides is 2. The fourth-order valence-corrected chi connectivity index (χ4v) is 6.69. The standard InChI is InChI=1S/C29H36B2N4O12/c36-27(37)16-33(29(39)20-11-22(31(42)43)15-26(13-20)35(46)47)24-7-3-18(4-8-24)9-17-1-5-23(6-2-17)32-28(38)19-10-21(30(40)41)14-25(12-19)34(44)45/h10-15,17-18,23-24,40-43H,1-9,16H2,(H,32,38)(H,36,37). The lowest BCUT2D eigenvalue weighted by atomic mass is 9.75. The van der Waals surface area contributed by atoms with Gasteiger partial charge in [-0.2, -0.15) is 0 Å². The summed E-state index contributed by atoms with van der Waals surface area (Å²) in [5, 5.41) is 73.0. The van der Waals surface area contributed by atoms with Crippen LogP contribution in [0.25, 0.3) is 0 Å². The van der Waals surface area contributed by atoms with Crippen LogP contribution in [-0.4, -0.2) is 90.6 Å². The lowest BCUT2D eigenvalue weighted by molar-refractivity contribution is -0.385. The predicted molar refractivity (Wildman–Crippen MR) is 168 cm³/mol. The molecular weight excluding hydrogens is 618 g/mol. The van der Waals surface area contributed by atoms with Crippen molar-refractivity contribution in [2.45, 2.75) is 69.9 Å². The number of hydrogen-bond acceptors (Lipinski definition) is 11. The number of carboxylic acids is 1. The van der Waals surface area contributed by atoms with Gasteiger partial charge >= 0.3 is 20.2 Å². The maximum absolute atomic E-state index is 13.4. The highest BCUT2D eigenvalue weighted by atomic mass is 16.6. The van der Waals surface area contributed by atoms with Gasteiger partial charge in [-0.05, 0) is 92.7 Å². The Kier molecular flexibility index (Phi) is 11.7. The molecule has 47 heavy (non-hydrogen) atoms. The number of aliphatic carboxylic acids is 1. The summed E-state index contributed by atoms with van der Waals surface area (Å²) in [6.07, 6.45) is 6.56. The second kappa shape index (κ2) is 15.5. The first-order valence-corrected chi connectivity index (χ1v) is 15.4. The van der Waals surface area contributed by atoms with Gasteiger partial charge in [0.05, 0.1) is 9.85 Å². The van der Waals surface area contributed by atoms with Crippen molar-refractivity contribution in [2.24, 2.45) is 11.8 Å². The van der Waals surface area contributed by atoms with Crippen molar-refractivity contribution in [3.05, 3.63) is 67.8 Å². The van der Waals surface area contributed by atoms with Gasteiger partial charge in [-0.25, -0.2) is 0 Å². The number of nitrogens with one attached hydrogen (secondary N) is 1. The minimum atomic E-state index is -2.06. The average molecular weight is 654 g/mol. The van der Waals surface area contributed by atoms with Gasteiger partial charge in [-0.15, -0.1) is 0 Å². The van der Waals surface area contributed by atoms with E-state index in [1.807, 2.05) is 0 Å². The number of rotatable bonds is 12. The fraction of sp³-hybridized carbons (Fsp3) is 0.483. The van der Waals surface area contributed by atoms with Crippen molar-refractivity contribution in [3.8, 4) is 0 Å². The summed E-state index contributed by atoms with van der Waals surface area (Å²) in [6.45, 7) is -0.609. The molecule has 0 spiro atoms. The van der Waals surface area contributed by atoms with Gasteiger partial charge in [0.25, 0.3) is 23.2 Å². The third kappa shape index (κ3) is 9.34. The summed E-state index contributed by atoms with van der Waals surface area (Å²) in [6, 6.07) is 5.78. The van der Waals surface area contributed by atoms with Crippen molar-refractivity contribution >= 4 is 54.3 Å². The van der Waals surface area contributed by atoms with Gasteiger partial charge in [0, 0.05) is 47.5 Å². The molecule has 0 atom stereocenters. The van der Waals surface area contributed by atoms with Crippen LogP contribution < -0.4 is 16.2 Å². The third-order valence-electron chi connectivity index (χ3n) is 9.08. The first-order valence-electron chi connectivity index (χ1n) is 15.4. The van der Waals surface area contributed by atoms with Crippen LogP contribution in [0.5, 0.6) is 0 Å². The van der Waals surface area contributed by atoms with Crippen LogP contribution in [0.1, 0.15) is 78.5 Å². The van der Waals surface area contributed by atoms with Crippen molar-refractivity contribution in [3.63, 3.8) is 0 Å². The molecule has 0 bridgehead atoms. The number of nitro benzene ring substituents is 2. The van der Waals surface area contributed by atoms with Crippen LogP contribution >= 0.6 is 0 Å². The number of nitro groups is 2. The molecule has 250 valence electrons. The summed E-state index contributed by atoms with van der Waals surface area (Å²) < 4.78 is 0. The molecule has 4 rings (SSSR count). The molecule has 2 fully saturated rings. The van der Waals surface area contributed by atoms with Gasteiger partial charge in [0.1, 0.15) is 6.54 Å². The largest absolute Gasteiger partial charge is 0.488 e. The molecular formula is C29H36B2N4O12. The minimum absolute atomic E-state index is 0.0338. The third-order valence-corrected chi connectivity index (χ3v) is 9.08. The number of benzene rings is 2. The van der Waals surface area contributed by atoms with E-state index in [4.69, 9.17) is 0 Å². The summed E-state index contributed by atoms with van der Waals surface area (Å²) in [7, 11) is -4.02. The van der Waals surface area contributed by atoms with Gasteiger partial charge in [-0.1, -0.05) is 0 Å². The zero-order valence-electron chi connectivity index (χ0n) is 25.4. The van der Waals surface area contributed by atoms with E-state index >= 15 is 0 Å². The SMILES string of the molecule is O=C(O)CN(C(=O)c1cc(B(O)O)cc([N+](=O)[O-])c1)C1CCC(CC2CCC(NC(=O)c3cc(B(O)O)cc([N+](=O)[O-])c3)CC2)CC1. The van der Waals surface area contributed by atoms with Crippen molar-refractivity contribution in [1.29, 1.82) is 0 Å². The van der Waals surface area contributed by atoms with Crippen LogP contribution in [0.3, 0.4) is 0 Å². The Hall–Kier alpha value is -4.38. The maximum atomic E-state index is 13.4. The topological polar surface area (TPSA) is 254 Å². The Morgan fingerprint density at radius 1 is 0.745 bits per heavy atom. The zero-order chi connectivity index (χ0) is 34.4. The van der Waals surface area contributed by atoms with E-state index in [0.29, 0.717) is 37.5 Å². The lowest BCUT2D eigenvalue weighted by Gasteiger charge is -2.38. The molecule has 16 nitrogen and oxygen atoms in total. The minimum Gasteiger partial charge on any atom is -0.480 e. The van der Waals surface area contributed by atoms with E-state index in [-0.39, 0.29) is 28.1 Å². The normalized spacial score (nSPS) is 20.9. The second-order valence-electron chi connectivity index (χ2n) is 12.3. The molecule has 0 unspecified atom stereocenters. The number of carbonyl (C=O) groups is 3. The molecule has 6 N–H and O–H groups in total. The highest BCUT2D eigenvalue weighted by Gasteiger charge is 2.34. The van der Waals surface area contributed by atoms with Gasteiger partial charge < -0.3 is 35.4 Å². The average Bonchev–Trinajstić information content (AvgIpc) is 3.04. The highest BCUT2D eigenvalue weighted by molar-refractivity contribution is 6.59. The Balaban J connectivity index is 1.31. The molecule has 2 aromatic carbocycles. The van der Waals surface area contributed by atoms with E-state index in [1.54, 1.807) is 0 Å². The Bertz CT molecular complexity index is 1510. The number of carbonyl (C=O) groups excluding carboxylic acids is 2. The maximum Gasteiger partial charge on any atom is 0.488 e. The van der Waals surface area contributed by atoms with E-state index < -0.39 is 65.8 Å². The Morgan fingerprint density at radius 3 is 1.68 bits per heavy atom. The van der Waals surface area contributed by atoms with E-state index in [0.717, 1.165) is 62.4 Å². The molecule has 18 heteroatoms. The van der Waals surface area contributed by atoms with Crippen LogP contribution in [0.15, 0.2) is 36.4 Å². The first kappa shape index (κ1) is 35.5. The molecule has 2 aliphatic rings. The Morgan fingerprint density at radius 2 is 1.21 bits per heavy atom. The summed E-state index contributed by atoms with van der Waals surface area (Å²) in [5.41, 5.74) is -1.59. The number of nitrogens with zero attached hydrogens (tertiary/aromatic N) is 3. The molecule has 0 heterocycles. The fourth-order valence-electron chi connectivity index (χ4n) is 6.69. The van der Waals surface area contributed by atoms with Crippen molar-refractivity contribution in [2.75, 3.05) is 6.54 Å². The van der Waals surface area contributed by atoms with E-state index in [1.165, 1.54) is 11.0 Å². The van der Waals surface area contributed by atoms with Gasteiger partial charge in [-0.3, -0.25) is 34.6 Å². The summed E-state index contributed by atoms with van der Waals surface area (Å²) in [5.74, 6) is -1.79. The molecule has 0 saturated heterocycles. The summed E-state index contributed by atoms with van der Waals surface area (Å²) in [4.78, 5) is 60.2. The van der Waals surface area contributed by atoms with Crippen LogP contribution in [0, 0.1) is 32.1 Å². The van der Waals surface area contributed by atoms with Gasteiger partial charge in [0.15, 0.2) is 0 Å². The smallest absolute Gasteiger partial charge is 0.480 e. The monoisotopic (exact) mass is 654 g/mol.